The van der Waals surface area contributed by atoms with E-state index in [1.807, 2.05) is 0 Å². The highest BCUT2D eigenvalue weighted by molar-refractivity contribution is 5.48. The van der Waals surface area contributed by atoms with Crippen molar-refractivity contribution in [1.29, 1.82) is 0 Å². The summed E-state index contributed by atoms with van der Waals surface area (Å²) >= 11 is 0. The smallest absolute Gasteiger partial charge is 0.0364 e. The molecule has 1 aliphatic heterocycles. The van der Waals surface area contributed by atoms with Crippen LogP contribution in [-0.4, -0.2) is 39.1 Å². The second kappa shape index (κ2) is 5.07. The third kappa shape index (κ3) is 2.61. The molecule has 0 radical (unpaired) electrons. The molecule has 2 atom stereocenters. The fourth-order valence-corrected chi connectivity index (χ4v) is 2.68. The van der Waals surface area contributed by atoms with Crippen LogP contribution in [-0.2, 0) is 0 Å². The Morgan fingerprint density at radius 2 is 2.18 bits per heavy atom. The maximum Gasteiger partial charge on any atom is 0.0364 e. The van der Waals surface area contributed by atoms with Crippen molar-refractivity contribution in [2.24, 2.45) is 11.7 Å². The number of benzene rings is 1. The maximum absolute atomic E-state index is 5.78. The van der Waals surface area contributed by atoms with Crippen molar-refractivity contribution in [3.05, 3.63) is 29.8 Å². The Balaban J connectivity index is 2.19. The molecular weight excluding hydrogens is 210 g/mol. The first kappa shape index (κ1) is 12.4. The summed E-state index contributed by atoms with van der Waals surface area (Å²) in [7, 11) is 6.36. The Bertz CT molecular complexity index is 375. The molecular formula is C14H23N3. The molecule has 3 nitrogen and oxygen atoms in total. The average molecular weight is 233 g/mol. The molecule has 1 aromatic rings. The molecule has 0 spiro atoms. The van der Waals surface area contributed by atoms with E-state index in [1.165, 1.54) is 17.7 Å². The molecule has 94 valence electrons. The average Bonchev–Trinajstić information content (AvgIpc) is 2.71. The molecule has 3 heteroatoms. The second-order valence-corrected chi connectivity index (χ2v) is 5.28. The predicted molar refractivity (Wildman–Crippen MR) is 73.3 cm³/mol. The lowest BCUT2D eigenvalue weighted by Crippen LogP contribution is -2.20. The Labute approximate surface area is 104 Å². The van der Waals surface area contributed by atoms with E-state index in [4.69, 9.17) is 5.73 Å². The first-order valence-corrected chi connectivity index (χ1v) is 6.29. The van der Waals surface area contributed by atoms with Gasteiger partial charge < -0.3 is 10.6 Å². The molecule has 0 saturated carbocycles. The van der Waals surface area contributed by atoms with E-state index in [9.17, 15) is 0 Å². The predicted octanol–water partition coefficient (Wildman–Crippen LogP) is 1.70. The van der Waals surface area contributed by atoms with Crippen LogP contribution < -0.4 is 10.6 Å². The third-order valence-electron chi connectivity index (χ3n) is 3.74. The van der Waals surface area contributed by atoms with Crippen LogP contribution in [0.3, 0.4) is 0 Å². The van der Waals surface area contributed by atoms with Crippen molar-refractivity contribution >= 4 is 5.69 Å². The van der Waals surface area contributed by atoms with Crippen molar-refractivity contribution in [3.63, 3.8) is 0 Å². The lowest BCUT2D eigenvalue weighted by molar-refractivity contribution is 0.314. The molecule has 1 aliphatic rings. The minimum absolute atomic E-state index is 0.531. The number of hydrogen-bond acceptors (Lipinski definition) is 3. The van der Waals surface area contributed by atoms with Gasteiger partial charge in [0.1, 0.15) is 0 Å². The molecule has 0 amide bonds. The van der Waals surface area contributed by atoms with Gasteiger partial charge in [0.15, 0.2) is 0 Å². The summed E-state index contributed by atoms with van der Waals surface area (Å²) in [5, 5.41) is 0. The molecule has 17 heavy (non-hydrogen) atoms. The van der Waals surface area contributed by atoms with Gasteiger partial charge >= 0.3 is 0 Å². The van der Waals surface area contributed by atoms with Crippen molar-refractivity contribution in [2.45, 2.75) is 12.5 Å². The van der Waals surface area contributed by atoms with Crippen molar-refractivity contribution < 1.29 is 0 Å². The summed E-state index contributed by atoms with van der Waals surface area (Å²) in [4.78, 5) is 4.57. The summed E-state index contributed by atoms with van der Waals surface area (Å²) in [5.41, 5.74) is 8.46. The van der Waals surface area contributed by atoms with Crippen LogP contribution in [0.4, 0.5) is 5.69 Å². The quantitative estimate of drug-likeness (QED) is 0.862. The number of rotatable bonds is 3. The topological polar surface area (TPSA) is 32.5 Å². The first-order valence-electron chi connectivity index (χ1n) is 6.29. The number of nitrogens with zero attached hydrogens (tertiary/aromatic N) is 2. The van der Waals surface area contributed by atoms with Gasteiger partial charge in [0.25, 0.3) is 0 Å². The van der Waals surface area contributed by atoms with Crippen molar-refractivity contribution in [1.82, 2.24) is 4.90 Å². The Kier molecular flexibility index (Phi) is 3.69. The number of nitrogens with two attached hydrogens (primary N) is 1. The van der Waals surface area contributed by atoms with E-state index in [1.54, 1.807) is 0 Å². The minimum Gasteiger partial charge on any atom is -0.378 e. The highest BCUT2D eigenvalue weighted by atomic mass is 15.2. The molecule has 2 N–H and O–H groups in total. The van der Waals surface area contributed by atoms with Crippen LogP contribution in [0, 0.1) is 5.92 Å². The normalized spacial score (nSPS) is 25.2. The van der Waals surface area contributed by atoms with Gasteiger partial charge in [-0.1, -0.05) is 12.1 Å². The number of anilines is 1. The van der Waals surface area contributed by atoms with Gasteiger partial charge in [-0.05, 0) is 43.6 Å². The van der Waals surface area contributed by atoms with Crippen LogP contribution in [0.15, 0.2) is 24.3 Å². The van der Waals surface area contributed by atoms with E-state index in [2.05, 4.69) is 55.2 Å². The molecule has 1 saturated heterocycles. The lowest BCUT2D eigenvalue weighted by atomic mass is 9.99. The number of hydrogen-bond donors (Lipinski definition) is 1. The zero-order chi connectivity index (χ0) is 12.4. The molecule has 0 aliphatic carbocycles. The van der Waals surface area contributed by atoms with E-state index in [-0.39, 0.29) is 0 Å². The monoisotopic (exact) mass is 233 g/mol. The van der Waals surface area contributed by atoms with E-state index in [0.29, 0.717) is 12.0 Å². The second-order valence-electron chi connectivity index (χ2n) is 5.28. The van der Waals surface area contributed by atoms with Crippen LogP contribution in [0.1, 0.15) is 18.0 Å². The van der Waals surface area contributed by atoms with Crippen molar-refractivity contribution in [2.75, 3.05) is 39.1 Å². The van der Waals surface area contributed by atoms with Crippen molar-refractivity contribution in [3.8, 4) is 0 Å². The summed E-state index contributed by atoms with van der Waals surface area (Å²) in [6.45, 7) is 1.92. The molecule has 1 fully saturated rings. The molecule has 0 bridgehead atoms. The van der Waals surface area contributed by atoms with Crippen LogP contribution in [0.5, 0.6) is 0 Å². The maximum atomic E-state index is 5.78. The highest BCUT2D eigenvalue weighted by Gasteiger charge is 2.29. The summed E-state index contributed by atoms with van der Waals surface area (Å²) in [5.74, 6) is 0.646. The van der Waals surface area contributed by atoms with Gasteiger partial charge in [-0.15, -0.1) is 0 Å². The van der Waals surface area contributed by atoms with E-state index in [0.717, 1.165) is 13.1 Å². The SMILES string of the molecule is CN(C)c1cccc(C2CC(CN)CN2C)c1. The van der Waals surface area contributed by atoms with Gasteiger partial charge in [-0.25, -0.2) is 0 Å². The fraction of sp³-hybridized carbons (Fsp3) is 0.571. The summed E-state index contributed by atoms with van der Waals surface area (Å²) in [6.07, 6.45) is 1.18. The third-order valence-corrected chi connectivity index (χ3v) is 3.74. The highest BCUT2D eigenvalue weighted by Crippen LogP contribution is 2.34. The zero-order valence-electron chi connectivity index (χ0n) is 11.1. The van der Waals surface area contributed by atoms with Gasteiger partial charge in [-0.3, -0.25) is 4.90 Å². The molecule has 0 aromatic heterocycles. The van der Waals surface area contributed by atoms with Gasteiger partial charge in [0.2, 0.25) is 0 Å². The molecule has 1 aromatic carbocycles. The van der Waals surface area contributed by atoms with E-state index >= 15 is 0 Å². The van der Waals surface area contributed by atoms with Gasteiger partial charge in [0, 0.05) is 32.4 Å². The van der Waals surface area contributed by atoms with Gasteiger partial charge in [0.05, 0.1) is 0 Å². The molecule has 2 rings (SSSR count). The Morgan fingerprint density at radius 1 is 1.41 bits per heavy atom. The molecule has 1 heterocycles. The largest absolute Gasteiger partial charge is 0.378 e. The van der Waals surface area contributed by atoms with E-state index < -0.39 is 0 Å². The van der Waals surface area contributed by atoms with Gasteiger partial charge in [-0.2, -0.15) is 0 Å². The van der Waals surface area contributed by atoms with Crippen LogP contribution >= 0.6 is 0 Å². The minimum atomic E-state index is 0.531. The Morgan fingerprint density at radius 3 is 2.76 bits per heavy atom. The lowest BCUT2D eigenvalue weighted by Gasteiger charge is -2.21. The summed E-state index contributed by atoms with van der Waals surface area (Å²) < 4.78 is 0. The number of likely N-dealkylation sites (tertiary alicyclic amines) is 1. The summed E-state index contributed by atoms with van der Waals surface area (Å²) in [6, 6.07) is 9.35. The van der Waals surface area contributed by atoms with Crippen LogP contribution in [0.25, 0.3) is 0 Å². The zero-order valence-corrected chi connectivity index (χ0v) is 11.1. The molecule has 2 unspecified atom stereocenters. The Hall–Kier alpha value is -1.06. The van der Waals surface area contributed by atoms with Crippen LogP contribution in [0.2, 0.25) is 0 Å². The fourth-order valence-electron chi connectivity index (χ4n) is 2.68. The standard InChI is InChI=1S/C14H23N3/c1-16(2)13-6-4-5-12(8-13)14-7-11(9-15)10-17(14)3/h4-6,8,11,14H,7,9-10,15H2,1-3H3. The first-order chi connectivity index (χ1) is 8.11.